The molecule has 2 heterocycles. The maximum absolute atomic E-state index is 12.9. The molecule has 3 rings (SSSR count). The lowest BCUT2D eigenvalue weighted by Gasteiger charge is -2.35. The van der Waals surface area contributed by atoms with Gasteiger partial charge in [-0.25, -0.2) is 0 Å². The number of aromatic nitrogens is 3. The van der Waals surface area contributed by atoms with Crippen LogP contribution in [-0.2, 0) is 16.1 Å². The number of carbonyl (C=O) groups is 2. The first-order chi connectivity index (χ1) is 13.2. The van der Waals surface area contributed by atoms with Crippen LogP contribution in [0.25, 0.3) is 0 Å². The normalized spacial score (nSPS) is 16.9. The minimum Gasteiger partial charge on any atom is -0.377 e. The Hall–Kier alpha value is -2.39. The Labute approximate surface area is 162 Å². The zero-order chi connectivity index (χ0) is 19.1. The first kappa shape index (κ1) is 19.4. The highest BCUT2D eigenvalue weighted by molar-refractivity contribution is 7.98. The number of nitrogens with zero attached hydrogens (tertiary/aromatic N) is 4. The molecular weight excluding hydrogens is 366 g/mol. The highest BCUT2D eigenvalue weighted by atomic mass is 32.2. The summed E-state index contributed by atoms with van der Waals surface area (Å²) in [6.07, 6.45) is 5.42. The lowest BCUT2D eigenvalue weighted by Crippen LogP contribution is -2.50. The summed E-state index contributed by atoms with van der Waals surface area (Å²) >= 11 is 1.63. The maximum Gasteiger partial charge on any atom is 0.254 e. The molecule has 1 saturated heterocycles. The van der Waals surface area contributed by atoms with E-state index in [1.807, 2.05) is 30.5 Å². The van der Waals surface area contributed by atoms with Gasteiger partial charge in [0.15, 0.2) is 0 Å². The van der Waals surface area contributed by atoms with E-state index in [1.54, 1.807) is 33.9 Å². The van der Waals surface area contributed by atoms with Crippen LogP contribution in [0, 0.1) is 0 Å². The molecule has 0 saturated carbocycles. The molecule has 0 radical (unpaired) electrons. The van der Waals surface area contributed by atoms with Crippen LogP contribution in [0.2, 0.25) is 0 Å². The number of benzene rings is 1. The zero-order valence-electron chi connectivity index (χ0n) is 15.2. The standard InChI is InChI=1S/C18H23N5O3S/c1-27-16-4-2-14(3-5-16)18(25)23-8-9-26-11-15(23)10-17(24)19-6-7-22-12-20-21-13-22/h2-5,12-13,15H,6-11H2,1H3,(H,19,24)/t15-/m0/s1. The van der Waals surface area contributed by atoms with Gasteiger partial charge in [0, 0.05) is 36.5 Å². The van der Waals surface area contributed by atoms with Gasteiger partial charge in [0.1, 0.15) is 12.7 Å². The largest absolute Gasteiger partial charge is 0.377 e. The van der Waals surface area contributed by atoms with E-state index in [0.717, 1.165) is 4.90 Å². The Bertz CT molecular complexity index is 751. The fourth-order valence-electron chi connectivity index (χ4n) is 2.94. The molecule has 0 spiro atoms. The molecular formula is C18H23N5O3S. The van der Waals surface area contributed by atoms with Crippen LogP contribution < -0.4 is 5.32 Å². The van der Waals surface area contributed by atoms with Crippen molar-refractivity contribution in [3.63, 3.8) is 0 Å². The number of thioether (sulfide) groups is 1. The second-order valence-corrected chi connectivity index (χ2v) is 7.09. The van der Waals surface area contributed by atoms with Crippen LogP contribution in [0.4, 0.5) is 0 Å². The van der Waals surface area contributed by atoms with Gasteiger partial charge >= 0.3 is 0 Å². The van der Waals surface area contributed by atoms with Crippen molar-refractivity contribution in [1.29, 1.82) is 0 Å². The second kappa shape index (κ2) is 9.52. The van der Waals surface area contributed by atoms with Gasteiger partial charge in [0.25, 0.3) is 5.91 Å². The van der Waals surface area contributed by atoms with Crippen molar-refractivity contribution >= 4 is 23.6 Å². The summed E-state index contributed by atoms with van der Waals surface area (Å²) in [5.74, 6) is -0.164. The van der Waals surface area contributed by atoms with Gasteiger partial charge in [-0.05, 0) is 30.5 Å². The van der Waals surface area contributed by atoms with E-state index in [2.05, 4.69) is 15.5 Å². The van der Waals surface area contributed by atoms with Crippen molar-refractivity contribution in [1.82, 2.24) is 25.0 Å². The number of hydrogen-bond acceptors (Lipinski definition) is 6. The molecule has 9 heteroatoms. The average Bonchev–Trinajstić information content (AvgIpc) is 3.21. The summed E-state index contributed by atoms with van der Waals surface area (Å²) in [7, 11) is 0. The molecule has 2 aromatic rings. The lowest BCUT2D eigenvalue weighted by molar-refractivity contribution is -0.123. The van der Waals surface area contributed by atoms with Crippen LogP contribution >= 0.6 is 11.8 Å². The number of hydrogen-bond donors (Lipinski definition) is 1. The van der Waals surface area contributed by atoms with Gasteiger partial charge in [-0.15, -0.1) is 22.0 Å². The van der Waals surface area contributed by atoms with Crippen molar-refractivity contribution in [2.45, 2.75) is 23.9 Å². The molecule has 1 aromatic carbocycles. The first-order valence-electron chi connectivity index (χ1n) is 8.79. The third kappa shape index (κ3) is 5.30. The summed E-state index contributed by atoms with van der Waals surface area (Å²) in [5, 5.41) is 10.3. The molecule has 1 fully saturated rings. The van der Waals surface area contributed by atoms with E-state index < -0.39 is 0 Å². The second-order valence-electron chi connectivity index (χ2n) is 6.21. The summed E-state index contributed by atoms with van der Waals surface area (Å²) < 4.78 is 7.29. The molecule has 27 heavy (non-hydrogen) atoms. The molecule has 144 valence electrons. The van der Waals surface area contributed by atoms with Crippen LogP contribution in [0.15, 0.2) is 41.8 Å². The third-order valence-electron chi connectivity index (χ3n) is 4.41. The van der Waals surface area contributed by atoms with Crippen LogP contribution in [0.5, 0.6) is 0 Å². The number of amides is 2. The fourth-order valence-corrected chi connectivity index (χ4v) is 3.35. The molecule has 0 unspecified atom stereocenters. The van der Waals surface area contributed by atoms with Gasteiger partial charge < -0.3 is 19.5 Å². The van der Waals surface area contributed by atoms with Crippen LogP contribution in [-0.4, -0.2) is 70.1 Å². The minimum absolute atomic E-state index is 0.0618. The van der Waals surface area contributed by atoms with Gasteiger partial charge in [-0.2, -0.15) is 0 Å². The first-order valence-corrected chi connectivity index (χ1v) is 10.0. The number of rotatable bonds is 7. The summed E-state index contributed by atoms with van der Waals surface area (Å²) in [5.41, 5.74) is 0.632. The Morgan fingerprint density at radius 3 is 2.70 bits per heavy atom. The van der Waals surface area contributed by atoms with Gasteiger partial charge in [-0.1, -0.05) is 0 Å². The van der Waals surface area contributed by atoms with E-state index in [4.69, 9.17) is 4.74 Å². The minimum atomic E-state index is -0.263. The number of morpholine rings is 1. The van der Waals surface area contributed by atoms with E-state index in [1.165, 1.54) is 0 Å². The van der Waals surface area contributed by atoms with Crippen LogP contribution in [0.3, 0.4) is 0 Å². The number of carbonyl (C=O) groups excluding carboxylic acids is 2. The predicted molar refractivity (Wildman–Crippen MR) is 102 cm³/mol. The van der Waals surface area contributed by atoms with E-state index >= 15 is 0 Å². The third-order valence-corrected chi connectivity index (χ3v) is 5.15. The molecule has 0 aliphatic carbocycles. The van der Waals surface area contributed by atoms with Crippen LogP contribution in [0.1, 0.15) is 16.8 Å². The SMILES string of the molecule is CSc1ccc(C(=O)N2CCOC[C@@H]2CC(=O)NCCn2cnnc2)cc1. The lowest BCUT2D eigenvalue weighted by atomic mass is 10.1. The molecule has 0 bridgehead atoms. The number of nitrogens with one attached hydrogen (secondary N) is 1. The summed E-state index contributed by atoms with van der Waals surface area (Å²) in [4.78, 5) is 28.0. The highest BCUT2D eigenvalue weighted by Crippen LogP contribution is 2.19. The Balaban J connectivity index is 1.55. The predicted octanol–water partition coefficient (Wildman–Crippen LogP) is 1.05. The average molecular weight is 389 g/mol. The van der Waals surface area contributed by atoms with Crippen molar-refractivity contribution < 1.29 is 14.3 Å². The Kier molecular flexibility index (Phi) is 6.83. The molecule has 1 atom stereocenters. The Morgan fingerprint density at radius 2 is 2.00 bits per heavy atom. The van der Waals surface area contributed by atoms with Crippen molar-refractivity contribution in [3.05, 3.63) is 42.5 Å². The monoisotopic (exact) mass is 389 g/mol. The molecule has 1 N–H and O–H groups in total. The molecule has 1 aliphatic heterocycles. The maximum atomic E-state index is 12.9. The molecule has 2 amide bonds. The summed E-state index contributed by atoms with van der Waals surface area (Å²) in [6, 6.07) is 7.27. The zero-order valence-corrected chi connectivity index (χ0v) is 16.0. The fraction of sp³-hybridized carbons (Fsp3) is 0.444. The van der Waals surface area contributed by atoms with E-state index in [-0.39, 0.29) is 24.3 Å². The van der Waals surface area contributed by atoms with Crippen molar-refractivity contribution in [2.75, 3.05) is 32.6 Å². The smallest absolute Gasteiger partial charge is 0.254 e. The van der Waals surface area contributed by atoms with E-state index in [0.29, 0.717) is 38.4 Å². The summed E-state index contributed by atoms with van der Waals surface area (Å²) in [6.45, 7) is 2.43. The van der Waals surface area contributed by atoms with Crippen molar-refractivity contribution in [2.24, 2.45) is 0 Å². The van der Waals surface area contributed by atoms with Gasteiger partial charge in [0.05, 0.1) is 19.3 Å². The molecule has 8 nitrogen and oxygen atoms in total. The Morgan fingerprint density at radius 1 is 1.26 bits per heavy atom. The molecule has 1 aliphatic rings. The highest BCUT2D eigenvalue weighted by Gasteiger charge is 2.29. The quantitative estimate of drug-likeness (QED) is 0.712. The number of ether oxygens (including phenoxy) is 1. The molecule has 1 aromatic heterocycles. The van der Waals surface area contributed by atoms with Crippen molar-refractivity contribution in [3.8, 4) is 0 Å². The van der Waals surface area contributed by atoms with Gasteiger partial charge in [-0.3, -0.25) is 9.59 Å². The topological polar surface area (TPSA) is 89.4 Å². The van der Waals surface area contributed by atoms with E-state index in [9.17, 15) is 9.59 Å². The van der Waals surface area contributed by atoms with Gasteiger partial charge in [0.2, 0.25) is 5.91 Å².